The smallest absolute Gasteiger partial charge is 0.321 e. The maximum Gasteiger partial charge on any atom is 0.321 e. The van der Waals surface area contributed by atoms with E-state index < -0.39 is 37.7 Å². The van der Waals surface area contributed by atoms with E-state index in [9.17, 15) is 22.4 Å². The number of nitrogens with two attached hydrogens (primary N) is 1. The van der Waals surface area contributed by atoms with Crippen molar-refractivity contribution in [1.82, 2.24) is 10.6 Å². The summed E-state index contributed by atoms with van der Waals surface area (Å²) in [6, 6.07) is 1.92. The maximum absolute atomic E-state index is 13.2. The number of halogens is 1. The van der Waals surface area contributed by atoms with Crippen LogP contribution in [0.15, 0.2) is 23.1 Å². The molecule has 110 valence electrons. The SMILES string of the molecule is CNC(=O)NC(=O)C(C)S(=O)(=O)c1cc(N)cc(F)c1. The topological polar surface area (TPSA) is 118 Å². The molecule has 1 unspecified atom stereocenters. The Morgan fingerprint density at radius 1 is 1.30 bits per heavy atom. The van der Waals surface area contributed by atoms with Gasteiger partial charge < -0.3 is 11.1 Å². The van der Waals surface area contributed by atoms with Gasteiger partial charge in [-0.25, -0.2) is 17.6 Å². The van der Waals surface area contributed by atoms with Crippen LogP contribution in [0.5, 0.6) is 0 Å². The lowest BCUT2D eigenvalue weighted by Gasteiger charge is -2.13. The van der Waals surface area contributed by atoms with Crippen LogP contribution < -0.4 is 16.4 Å². The van der Waals surface area contributed by atoms with Gasteiger partial charge in [-0.1, -0.05) is 0 Å². The molecule has 9 heteroatoms. The summed E-state index contributed by atoms with van der Waals surface area (Å²) in [7, 11) is -2.88. The average Bonchev–Trinajstić information content (AvgIpc) is 2.36. The van der Waals surface area contributed by atoms with Gasteiger partial charge in [-0.2, -0.15) is 0 Å². The van der Waals surface area contributed by atoms with Gasteiger partial charge in [0.15, 0.2) is 9.84 Å². The molecule has 0 aliphatic heterocycles. The van der Waals surface area contributed by atoms with Crippen LogP contribution in [-0.4, -0.2) is 32.7 Å². The zero-order chi connectivity index (χ0) is 15.5. The van der Waals surface area contributed by atoms with Gasteiger partial charge in [0.2, 0.25) is 5.91 Å². The fourth-order valence-electron chi connectivity index (χ4n) is 1.37. The lowest BCUT2D eigenvalue weighted by atomic mass is 10.3. The van der Waals surface area contributed by atoms with E-state index in [-0.39, 0.29) is 5.69 Å². The Hall–Kier alpha value is -2.16. The van der Waals surface area contributed by atoms with Crippen LogP contribution in [0.4, 0.5) is 14.9 Å². The average molecular weight is 303 g/mol. The first-order valence-electron chi connectivity index (χ1n) is 5.51. The van der Waals surface area contributed by atoms with Crippen molar-refractivity contribution < 1.29 is 22.4 Å². The molecule has 3 amide bonds. The van der Waals surface area contributed by atoms with Gasteiger partial charge in [0.25, 0.3) is 0 Å². The van der Waals surface area contributed by atoms with Gasteiger partial charge in [0.1, 0.15) is 11.1 Å². The lowest BCUT2D eigenvalue weighted by molar-refractivity contribution is -0.119. The Labute approximate surface area is 115 Å². The number of rotatable bonds is 3. The van der Waals surface area contributed by atoms with Gasteiger partial charge in [-0.3, -0.25) is 10.1 Å². The highest BCUT2D eigenvalue weighted by Crippen LogP contribution is 2.20. The van der Waals surface area contributed by atoms with E-state index in [0.29, 0.717) is 0 Å². The summed E-state index contributed by atoms with van der Waals surface area (Å²) >= 11 is 0. The third-order valence-corrected chi connectivity index (χ3v) is 4.56. The minimum Gasteiger partial charge on any atom is -0.399 e. The molecule has 0 saturated heterocycles. The fraction of sp³-hybridized carbons (Fsp3) is 0.273. The zero-order valence-corrected chi connectivity index (χ0v) is 11.6. The van der Waals surface area contributed by atoms with Crippen LogP contribution in [-0.2, 0) is 14.6 Å². The number of hydrogen-bond acceptors (Lipinski definition) is 5. The van der Waals surface area contributed by atoms with Crippen LogP contribution in [0.1, 0.15) is 6.92 Å². The normalized spacial score (nSPS) is 12.6. The number of nitrogens with one attached hydrogen (secondary N) is 2. The molecular weight excluding hydrogens is 289 g/mol. The highest BCUT2D eigenvalue weighted by atomic mass is 32.2. The second-order valence-electron chi connectivity index (χ2n) is 3.98. The number of imide groups is 1. The molecular formula is C11H14FN3O4S. The second-order valence-corrected chi connectivity index (χ2v) is 6.24. The molecule has 4 N–H and O–H groups in total. The molecule has 0 radical (unpaired) electrons. The number of hydrogen-bond donors (Lipinski definition) is 3. The Morgan fingerprint density at radius 3 is 2.40 bits per heavy atom. The van der Waals surface area contributed by atoms with E-state index in [2.05, 4.69) is 5.32 Å². The number of sulfone groups is 1. The summed E-state index contributed by atoms with van der Waals surface area (Å²) in [5, 5.41) is 2.39. The number of anilines is 1. The van der Waals surface area contributed by atoms with Gasteiger partial charge in [-0.05, 0) is 25.1 Å². The first-order valence-corrected chi connectivity index (χ1v) is 7.05. The first-order chi connectivity index (χ1) is 9.18. The number of urea groups is 1. The van der Waals surface area contributed by atoms with E-state index in [4.69, 9.17) is 5.73 Å². The Kier molecular flexibility index (Phi) is 4.66. The molecule has 0 fully saturated rings. The van der Waals surface area contributed by atoms with Crippen molar-refractivity contribution >= 4 is 27.5 Å². The quantitative estimate of drug-likeness (QED) is 0.681. The summed E-state index contributed by atoms with van der Waals surface area (Å²) in [4.78, 5) is 22.2. The van der Waals surface area contributed by atoms with Gasteiger partial charge in [-0.15, -0.1) is 0 Å². The Bertz CT molecular complexity index is 625. The number of carbonyl (C=O) groups is 2. The number of benzene rings is 1. The van der Waals surface area contributed by atoms with E-state index in [0.717, 1.165) is 25.1 Å². The van der Waals surface area contributed by atoms with E-state index in [1.54, 1.807) is 0 Å². The summed E-state index contributed by atoms with van der Waals surface area (Å²) in [6.07, 6.45) is 0. The highest BCUT2D eigenvalue weighted by molar-refractivity contribution is 7.92. The Balaban J connectivity index is 3.09. The molecule has 1 rings (SSSR count). The van der Waals surface area contributed by atoms with Gasteiger partial charge in [0, 0.05) is 12.7 Å². The minimum absolute atomic E-state index is 0.0810. The monoisotopic (exact) mass is 303 g/mol. The van der Waals surface area contributed by atoms with Crippen molar-refractivity contribution in [1.29, 1.82) is 0 Å². The molecule has 0 saturated carbocycles. The van der Waals surface area contributed by atoms with Crippen molar-refractivity contribution in [2.75, 3.05) is 12.8 Å². The van der Waals surface area contributed by atoms with Crippen molar-refractivity contribution in [2.24, 2.45) is 0 Å². The van der Waals surface area contributed by atoms with Crippen molar-refractivity contribution in [2.45, 2.75) is 17.1 Å². The predicted octanol–water partition coefficient (Wildman–Crippen LogP) is 0.0257. The molecule has 0 aliphatic carbocycles. The summed E-state index contributed by atoms with van der Waals surface area (Å²) in [5.41, 5.74) is 5.28. The summed E-state index contributed by atoms with van der Waals surface area (Å²) in [5.74, 6) is -1.85. The number of amides is 3. The molecule has 0 aromatic heterocycles. The van der Waals surface area contributed by atoms with Crippen LogP contribution in [0, 0.1) is 5.82 Å². The van der Waals surface area contributed by atoms with Crippen molar-refractivity contribution in [3.05, 3.63) is 24.0 Å². The summed E-state index contributed by atoms with van der Waals surface area (Å²) in [6.45, 7) is 1.09. The molecule has 0 bridgehead atoms. The van der Waals surface area contributed by atoms with Gasteiger partial charge in [0.05, 0.1) is 4.90 Å². The molecule has 1 aromatic rings. The second kappa shape index (κ2) is 5.87. The minimum atomic E-state index is -4.15. The third kappa shape index (κ3) is 3.44. The molecule has 7 nitrogen and oxygen atoms in total. The molecule has 1 atom stereocenters. The molecule has 20 heavy (non-hydrogen) atoms. The zero-order valence-electron chi connectivity index (χ0n) is 10.8. The molecule has 0 heterocycles. The van der Waals surface area contributed by atoms with Crippen LogP contribution in [0.25, 0.3) is 0 Å². The van der Waals surface area contributed by atoms with E-state index in [1.807, 2.05) is 5.32 Å². The lowest BCUT2D eigenvalue weighted by Crippen LogP contribution is -2.44. The Morgan fingerprint density at radius 2 is 1.90 bits per heavy atom. The number of nitrogen functional groups attached to an aromatic ring is 1. The maximum atomic E-state index is 13.2. The standard InChI is InChI=1S/C11H14FN3O4S/c1-6(10(16)15-11(17)14-2)20(18,19)9-4-7(12)3-8(13)5-9/h3-6H,13H2,1-2H3,(H2,14,15,16,17). The van der Waals surface area contributed by atoms with Gasteiger partial charge >= 0.3 is 6.03 Å². The van der Waals surface area contributed by atoms with E-state index >= 15 is 0 Å². The first kappa shape index (κ1) is 15.9. The van der Waals surface area contributed by atoms with Crippen molar-refractivity contribution in [3.8, 4) is 0 Å². The molecule has 1 aromatic carbocycles. The van der Waals surface area contributed by atoms with Crippen LogP contribution >= 0.6 is 0 Å². The summed E-state index contributed by atoms with van der Waals surface area (Å²) < 4.78 is 37.4. The molecule has 0 spiro atoms. The van der Waals surface area contributed by atoms with E-state index in [1.165, 1.54) is 7.05 Å². The molecule has 0 aliphatic rings. The van der Waals surface area contributed by atoms with Crippen LogP contribution in [0.2, 0.25) is 0 Å². The third-order valence-electron chi connectivity index (χ3n) is 2.52. The highest BCUT2D eigenvalue weighted by Gasteiger charge is 2.31. The van der Waals surface area contributed by atoms with Crippen LogP contribution in [0.3, 0.4) is 0 Å². The number of carbonyl (C=O) groups excluding carboxylic acids is 2. The van der Waals surface area contributed by atoms with Crippen molar-refractivity contribution in [3.63, 3.8) is 0 Å². The fourth-order valence-corrected chi connectivity index (χ4v) is 2.70. The largest absolute Gasteiger partial charge is 0.399 e. The predicted molar refractivity (Wildman–Crippen MR) is 70.1 cm³/mol.